The van der Waals surface area contributed by atoms with Crippen LogP contribution in [0.15, 0.2) is 24.3 Å². The number of rotatable bonds is 5. The van der Waals surface area contributed by atoms with E-state index in [0.717, 1.165) is 5.75 Å². The molecule has 3 nitrogen and oxygen atoms in total. The molecular formula is C11H13Cl2NO2. The highest BCUT2D eigenvalue weighted by molar-refractivity contribution is 6.30. The molecule has 1 atom stereocenters. The first kappa shape index (κ1) is 13.1. The summed E-state index contributed by atoms with van der Waals surface area (Å²) in [6.07, 6.45) is 0. The van der Waals surface area contributed by atoms with E-state index in [2.05, 4.69) is 5.32 Å². The van der Waals surface area contributed by atoms with Crippen molar-refractivity contribution < 1.29 is 9.53 Å². The smallest absolute Gasteiger partial charge is 0.237 e. The van der Waals surface area contributed by atoms with Crippen molar-refractivity contribution in [2.45, 2.75) is 12.3 Å². The third-order valence-corrected chi connectivity index (χ3v) is 2.30. The van der Waals surface area contributed by atoms with Gasteiger partial charge < -0.3 is 10.1 Å². The molecule has 0 aliphatic heterocycles. The van der Waals surface area contributed by atoms with Gasteiger partial charge in [-0.3, -0.25) is 4.79 Å². The highest BCUT2D eigenvalue weighted by atomic mass is 35.5. The number of carbonyl (C=O) groups excluding carboxylic acids is 1. The van der Waals surface area contributed by atoms with Crippen LogP contribution < -0.4 is 10.1 Å². The molecule has 0 saturated heterocycles. The van der Waals surface area contributed by atoms with Crippen LogP contribution >= 0.6 is 23.2 Å². The van der Waals surface area contributed by atoms with Crippen LogP contribution in [0, 0.1) is 0 Å². The molecule has 1 aromatic rings. The van der Waals surface area contributed by atoms with Gasteiger partial charge in [-0.25, -0.2) is 0 Å². The number of ether oxygens (including phenoxy) is 1. The van der Waals surface area contributed by atoms with Crippen molar-refractivity contribution in [2.24, 2.45) is 0 Å². The van der Waals surface area contributed by atoms with Crippen LogP contribution in [0.5, 0.6) is 5.75 Å². The fourth-order valence-electron chi connectivity index (χ4n) is 1.01. The van der Waals surface area contributed by atoms with Gasteiger partial charge in [0.05, 0.1) is 6.54 Å². The lowest BCUT2D eigenvalue weighted by Crippen LogP contribution is -2.32. The van der Waals surface area contributed by atoms with Gasteiger partial charge in [0, 0.05) is 5.02 Å². The van der Waals surface area contributed by atoms with Crippen LogP contribution in [0.25, 0.3) is 0 Å². The van der Waals surface area contributed by atoms with E-state index in [0.29, 0.717) is 18.2 Å². The Morgan fingerprint density at radius 1 is 1.44 bits per heavy atom. The lowest BCUT2D eigenvalue weighted by molar-refractivity contribution is -0.120. The Kier molecular flexibility index (Phi) is 5.43. The maximum atomic E-state index is 11.1. The minimum absolute atomic E-state index is 0.193. The number of hydrogen-bond donors (Lipinski definition) is 1. The summed E-state index contributed by atoms with van der Waals surface area (Å²) in [6, 6.07) is 7.04. The molecule has 0 spiro atoms. The molecular weight excluding hydrogens is 249 g/mol. The third-order valence-electron chi connectivity index (χ3n) is 1.84. The topological polar surface area (TPSA) is 38.3 Å². The van der Waals surface area contributed by atoms with Gasteiger partial charge >= 0.3 is 0 Å². The Balaban J connectivity index is 2.21. The summed E-state index contributed by atoms with van der Waals surface area (Å²) >= 11 is 11.3. The van der Waals surface area contributed by atoms with Crippen molar-refractivity contribution >= 4 is 29.1 Å². The van der Waals surface area contributed by atoms with E-state index < -0.39 is 5.38 Å². The van der Waals surface area contributed by atoms with E-state index >= 15 is 0 Å². The van der Waals surface area contributed by atoms with E-state index in [-0.39, 0.29) is 5.91 Å². The predicted molar refractivity (Wildman–Crippen MR) is 65.3 cm³/mol. The van der Waals surface area contributed by atoms with Gasteiger partial charge in [0.2, 0.25) is 5.91 Å². The van der Waals surface area contributed by atoms with Crippen molar-refractivity contribution in [3.8, 4) is 5.75 Å². The minimum Gasteiger partial charge on any atom is -0.492 e. The fraction of sp³-hybridized carbons (Fsp3) is 0.364. The van der Waals surface area contributed by atoms with Crippen LogP contribution in [0.1, 0.15) is 6.92 Å². The van der Waals surface area contributed by atoms with Crippen LogP contribution in [0.2, 0.25) is 5.02 Å². The fourth-order valence-corrected chi connectivity index (χ4v) is 1.22. The predicted octanol–water partition coefficient (Wildman–Crippen LogP) is 2.46. The van der Waals surface area contributed by atoms with Crippen molar-refractivity contribution in [3.05, 3.63) is 29.3 Å². The summed E-state index contributed by atoms with van der Waals surface area (Å²) in [5.74, 6) is 0.527. The molecule has 0 aliphatic rings. The second kappa shape index (κ2) is 6.61. The Morgan fingerprint density at radius 3 is 2.62 bits per heavy atom. The van der Waals surface area contributed by atoms with Crippen molar-refractivity contribution in [3.63, 3.8) is 0 Å². The maximum Gasteiger partial charge on any atom is 0.237 e. The number of benzene rings is 1. The Bertz CT molecular complexity index is 338. The highest BCUT2D eigenvalue weighted by Crippen LogP contribution is 2.14. The monoisotopic (exact) mass is 261 g/mol. The molecule has 0 radical (unpaired) electrons. The molecule has 16 heavy (non-hydrogen) atoms. The van der Waals surface area contributed by atoms with Gasteiger partial charge in [-0.15, -0.1) is 11.6 Å². The Labute approximate surface area is 105 Å². The van der Waals surface area contributed by atoms with Gasteiger partial charge in [-0.05, 0) is 31.2 Å². The normalized spacial score (nSPS) is 11.9. The molecule has 0 fully saturated rings. The van der Waals surface area contributed by atoms with E-state index in [1.165, 1.54) is 0 Å². The summed E-state index contributed by atoms with van der Waals surface area (Å²) in [5.41, 5.74) is 0. The average Bonchev–Trinajstić information content (AvgIpc) is 2.26. The molecule has 1 N–H and O–H groups in total. The van der Waals surface area contributed by atoms with Gasteiger partial charge in [-0.2, -0.15) is 0 Å². The van der Waals surface area contributed by atoms with Crippen molar-refractivity contribution in [1.29, 1.82) is 0 Å². The molecule has 1 aromatic carbocycles. The molecule has 1 amide bonds. The van der Waals surface area contributed by atoms with Gasteiger partial charge in [-0.1, -0.05) is 11.6 Å². The second-order valence-electron chi connectivity index (χ2n) is 3.21. The average molecular weight is 262 g/mol. The van der Waals surface area contributed by atoms with E-state index in [1.807, 2.05) is 0 Å². The summed E-state index contributed by atoms with van der Waals surface area (Å²) in [4.78, 5) is 11.1. The van der Waals surface area contributed by atoms with E-state index in [1.54, 1.807) is 31.2 Å². The first-order valence-electron chi connectivity index (χ1n) is 4.90. The van der Waals surface area contributed by atoms with Crippen LogP contribution in [-0.4, -0.2) is 24.4 Å². The third kappa shape index (κ3) is 4.73. The number of alkyl halides is 1. The molecule has 5 heteroatoms. The highest BCUT2D eigenvalue weighted by Gasteiger charge is 2.07. The molecule has 1 unspecified atom stereocenters. The molecule has 0 saturated carbocycles. The molecule has 88 valence electrons. The summed E-state index contributed by atoms with van der Waals surface area (Å²) in [7, 11) is 0. The number of carbonyl (C=O) groups is 1. The van der Waals surface area contributed by atoms with Crippen LogP contribution in [0.3, 0.4) is 0 Å². The Morgan fingerprint density at radius 2 is 2.06 bits per heavy atom. The first-order valence-corrected chi connectivity index (χ1v) is 5.71. The maximum absolute atomic E-state index is 11.1. The number of amides is 1. The zero-order valence-corrected chi connectivity index (χ0v) is 10.4. The first-order chi connectivity index (χ1) is 7.59. The van der Waals surface area contributed by atoms with E-state index in [4.69, 9.17) is 27.9 Å². The second-order valence-corrected chi connectivity index (χ2v) is 4.30. The van der Waals surface area contributed by atoms with Gasteiger partial charge in [0.15, 0.2) is 0 Å². The molecule has 0 heterocycles. The van der Waals surface area contributed by atoms with Crippen LogP contribution in [0.4, 0.5) is 0 Å². The van der Waals surface area contributed by atoms with Crippen molar-refractivity contribution in [2.75, 3.05) is 13.2 Å². The number of halogens is 2. The molecule has 0 aliphatic carbocycles. The lowest BCUT2D eigenvalue weighted by Gasteiger charge is -2.08. The zero-order chi connectivity index (χ0) is 12.0. The van der Waals surface area contributed by atoms with Crippen molar-refractivity contribution in [1.82, 2.24) is 5.32 Å². The number of hydrogen-bond acceptors (Lipinski definition) is 2. The van der Waals surface area contributed by atoms with E-state index in [9.17, 15) is 4.79 Å². The largest absolute Gasteiger partial charge is 0.492 e. The summed E-state index contributed by atoms with van der Waals surface area (Å²) in [6.45, 7) is 2.45. The quantitative estimate of drug-likeness (QED) is 0.654. The summed E-state index contributed by atoms with van der Waals surface area (Å²) < 4.78 is 5.37. The number of nitrogens with one attached hydrogen (secondary N) is 1. The molecule has 0 bridgehead atoms. The Hall–Kier alpha value is -0.930. The van der Waals surface area contributed by atoms with Crippen LogP contribution in [-0.2, 0) is 4.79 Å². The van der Waals surface area contributed by atoms with Gasteiger partial charge in [0.1, 0.15) is 17.7 Å². The SMILES string of the molecule is CC(Cl)C(=O)NCCOc1ccc(Cl)cc1. The lowest BCUT2D eigenvalue weighted by atomic mass is 10.3. The zero-order valence-electron chi connectivity index (χ0n) is 8.87. The minimum atomic E-state index is -0.518. The molecule has 1 rings (SSSR count). The van der Waals surface area contributed by atoms with Gasteiger partial charge in [0.25, 0.3) is 0 Å². The summed E-state index contributed by atoms with van der Waals surface area (Å²) in [5, 5.41) is 2.79. The molecule has 0 aromatic heterocycles. The standard InChI is InChI=1S/C11H13Cl2NO2/c1-8(12)11(15)14-6-7-16-10-4-2-9(13)3-5-10/h2-5,8H,6-7H2,1H3,(H,14,15).